The van der Waals surface area contributed by atoms with Crippen molar-refractivity contribution < 1.29 is 9.90 Å². The van der Waals surface area contributed by atoms with E-state index in [1.54, 1.807) is 30.3 Å². The van der Waals surface area contributed by atoms with Gasteiger partial charge in [-0.2, -0.15) is 0 Å². The van der Waals surface area contributed by atoms with Crippen molar-refractivity contribution in [1.29, 1.82) is 0 Å². The number of carbonyl (C=O) groups is 1. The Balaban J connectivity index is 1.72. The molecule has 0 aliphatic carbocycles. The van der Waals surface area contributed by atoms with Crippen LogP contribution in [-0.4, -0.2) is 71.2 Å². The molecule has 0 unspecified atom stereocenters. The zero-order chi connectivity index (χ0) is 15.5. The number of hydrogen-bond acceptors (Lipinski definition) is 5. The largest absolute Gasteiger partial charge is 0.390 e. The van der Waals surface area contributed by atoms with Crippen LogP contribution in [0.3, 0.4) is 0 Å². The van der Waals surface area contributed by atoms with E-state index >= 15 is 0 Å². The molecule has 6 nitrogen and oxygen atoms in total. The number of likely N-dealkylation sites (tertiary alicyclic amines) is 2. The molecule has 2 aliphatic rings. The number of anilines is 1. The van der Waals surface area contributed by atoms with Gasteiger partial charge in [-0.15, -0.1) is 0 Å². The number of amides is 1. The third-order valence-electron chi connectivity index (χ3n) is 4.68. The van der Waals surface area contributed by atoms with Gasteiger partial charge in [0.05, 0.1) is 17.7 Å². The first-order valence-electron chi connectivity index (χ1n) is 8.05. The van der Waals surface area contributed by atoms with Crippen molar-refractivity contribution >= 4 is 11.7 Å². The Morgan fingerprint density at radius 2 is 2.09 bits per heavy atom. The molecule has 2 fully saturated rings. The van der Waals surface area contributed by atoms with E-state index in [0.29, 0.717) is 24.5 Å². The third-order valence-corrected chi connectivity index (χ3v) is 4.68. The lowest BCUT2D eigenvalue weighted by Crippen LogP contribution is -2.46. The minimum atomic E-state index is -0.461. The van der Waals surface area contributed by atoms with Crippen LogP contribution in [-0.2, 0) is 0 Å². The van der Waals surface area contributed by atoms with Crippen molar-refractivity contribution in [2.45, 2.75) is 31.4 Å². The summed E-state index contributed by atoms with van der Waals surface area (Å²) in [6.07, 6.45) is 4.84. The molecule has 22 heavy (non-hydrogen) atoms. The molecule has 1 aromatic heterocycles. The van der Waals surface area contributed by atoms with Crippen LogP contribution < -0.4 is 5.32 Å². The Hall–Kier alpha value is -1.66. The molecule has 1 amide bonds. The Labute approximate surface area is 131 Å². The summed E-state index contributed by atoms with van der Waals surface area (Å²) >= 11 is 0. The van der Waals surface area contributed by atoms with Gasteiger partial charge in [-0.05, 0) is 38.1 Å². The number of hydrogen-bond donors (Lipinski definition) is 2. The van der Waals surface area contributed by atoms with E-state index < -0.39 is 6.10 Å². The number of aliphatic hydroxyl groups excluding tert-OH is 1. The van der Waals surface area contributed by atoms with Crippen LogP contribution in [0.5, 0.6) is 0 Å². The number of carbonyl (C=O) groups excluding carboxylic acids is 1. The van der Waals surface area contributed by atoms with Crippen molar-refractivity contribution in [2.75, 3.05) is 38.5 Å². The highest BCUT2D eigenvalue weighted by Gasteiger charge is 2.38. The quantitative estimate of drug-likeness (QED) is 0.864. The molecule has 120 valence electrons. The van der Waals surface area contributed by atoms with Gasteiger partial charge in [0.1, 0.15) is 5.82 Å². The molecule has 0 saturated carbocycles. The van der Waals surface area contributed by atoms with Gasteiger partial charge in [-0.1, -0.05) is 6.42 Å². The maximum Gasteiger partial charge on any atom is 0.257 e. The van der Waals surface area contributed by atoms with Gasteiger partial charge in [-0.25, -0.2) is 4.98 Å². The Morgan fingerprint density at radius 3 is 2.82 bits per heavy atom. The van der Waals surface area contributed by atoms with Gasteiger partial charge < -0.3 is 15.3 Å². The fourth-order valence-corrected chi connectivity index (χ4v) is 3.49. The molecule has 0 radical (unpaired) electrons. The summed E-state index contributed by atoms with van der Waals surface area (Å²) in [7, 11) is 1.76. The van der Waals surface area contributed by atoms with Gasteiger partial charge in [0, 0.05) is 26.3 Å². The number of aromatic nitrogens is 1. The third kappa shape index (κ3) is 2.94. The first-order valence-corrected chi connectivity index (χ1v) is 8.05. The fraction of sp³-hybridized carbons (Fsp3) is 0.625. The lowest BCUT2D eigenvalue weighted by Gasteiger charge is -2.33. The van der Waals surface area contributed by atoms with E-state index in [1.807, 2.05) is 0 Å². The van der Waals surface area contributed by atoms with Crippen molar-refractivity contribution in [3.05, 3.63) is 23.9 Å². The number of rotatable bonds is 3. The molecular formula is C16H24N4O2. The lowest BCUT2D eigenvalue weighted by atomic mass is 10.1. The van der Waals surface area contributed by atoms with E-state index in [2.05, 4.69) is 15.2 Å². The summed E-state index contributed by atoms with van der Waals surface area (Å²) in [5.74, 6) is 0.527. The van der Waals surface area contributed by atoms with E-state index in [4.69, 9.17) is 0 Å². The summed E-state index contributed by atoms with van der Waals surface area (Å²) < 4.78 is 0. The second-order valence-electron chi connectivity index (χ2n) is 6.09. The normalized spacial score (nSPS) is 26.2. The average Bonchev–Trinajstić information content (AvgIpc) is 2.97. The number of nitrogens with zero attached hydrogens (tertiary/aromatic N) is 3. The van der Waals surface area contributed by atoms with Gasteiger partial charge in [0.25, 0.3) is 5.91 Å². The van der Waals surface area contributed by atoms with Crippen LogP contribution in [0, 0.1) is 0 Å². The molecule has 2 atom stereocenters. The molecule has 2 aliphatic heterocycles. The zero-order valence-corrected chi connectivity index (χ0v) is 13.0. The predicted octanol–water partition coefficient (Wildman–Crippen LogP) is 0.794. The van der Waals surface area contributed by atoms with E-state index in [1.165, 1.54) is 19.3 Å². The predicted molar refractivity (Wildman–Crippen MR) is 84.9 cm³/mol. The minimum absolute atomic E-state index is 0.0593. The standard InChI is InChI=1S/C16H24N4O2/c1-17-15-12(6-5-7-18-15)16(22)20-10-13(14(21)11-20)19-8-3-2-4-9-19/h5-7,13-14,21H,2-4,8-11H2,1H3,(H,17,18)/t13-,14-/m0/s1. The van der Waals surface area contributed by atoms with Gasteiger partial charge in [0.15, 0.2) is 0 Å². The number of piperidine rings is 1. The molecule has 0 spiro atoms. The topological polar surface area (TPSA) is 68.7 Å². The summed E-state index contributed by atoms with van der Waals surface area (Å²) in [6, 6.07) is 3.61. The van der Waals surface area contributed by atoms with Gasteiger partial charge >= 0.3 is 0 Å². The van der Waals surface area contributed by atoms with Crippen molar-refractivity contribution in [3.63, 3.8) is 0 Å². The smallest absolute Gasteiger partial charge is 0.257 e. The molecule has 6 heteroatoms. The average molecular weight is 304 g/mol. The number of β-amino-alcohol motifs (C(OH)–C–C–N with tert-alkyl or cyclic N) is 1. The Bertz CT molecular complexity index is 531. The summed E-state index contributed by atoms with van der Waals surface area (Å²) in [4.78, 5) is 21.0. The fourth-order valence-electron chi connectivity index (χ4n) is 3.49. The summed E-state index contributed by atoms with van der Waals surface area (Å²) in [5.41, 5.74) is 0.566. The molecule has 0 aromatic carbocycles. The first-order chi connectivity index (χ1) is 10.7. The van der Waals surface area contributed by atoms with Crippen LogP contribution in [0.4, 0.5) is 5.82 Å². The van der Waals surface area contributed by atoms with Gasteiger partial charge in [-0.3, -0.25) is 9.69 Å². The second-order valence-corrected chi connectivity index (χ2v) is 6.09. The highest BCUT2D eigenvalue weighted by Crippen LogP contribution is 2.23. The second kappa shape index (κ2) is 6.62. The van der Waals surface area contributed by atoms with E-state index in [9.17, 15) is 9.90 Å². The molecule has 3 rings (SSSR count). The number of pyridine rings is 1. The molecule has 3 heterocycles. The lowest BCUT2D eigenvalue weighted by molar-refractivity contribution is 0.0703. The van der Waals surface area contributed by atoms with Crippen molar-refractivity contribution in [2.24, 2.45) is 0 Å². The van der Waals surface area contributed by atoms with Crippen molar-refractivity contribution in [3.8, 4) is 0 Å². The van der Waals surface area contributed by atoms with Crippen LogP contribution in [0.25, 0.3) is 0 Å². The van der Waals surface area contributed by atoms with Crippen LogP contribution in [0.15, 0.2) is 18.3 Å². The van der Waals surface area contributed by atoms with E-state index in [-0.39, 0.29) is 11.9 Å². The Morgan fingerprint density at radius 1 is 1.32 bits per heavy atom. The van der Waals surface area contributed by atoms with Crippen molar-refractivity contribution in [1.82, 2.24) is 14.8 Å². The monoisotopic (exact) mass is 304 g/mol. The van der Waals surface area contributed by atoms with Gasteiger partial charge in [0.2, 0.25) is 0 Å². The highest BCUT2D eigenvalue weighted by atomic mass is 16.3. The molecule has 2 N–H and O–H groups in total. The van der Waals surface area contributed by atoms with E-state index in [0.717, 1.165) is 13.1 Å². The highest BCUT2D eigenvalue weighted by molar-refractivity contribution is 5.98. The maximum absolute atomic E-state index is 12.7. The molecule has 1 aromatic rings. The minimum Gasteiger partial charge on any atom is -0.390 e. The first kappa shape index (κ1) is 15.2. The van der Waals surface area contributed by atoms with Crippen LogP contribution >= 0.6 is 0 Å². The molecule has 0 bridgehead atoms. The zero-order valence-electron chi connectivity index (χ0n) is 13.0. The maximum atomic E-state index is 12.7. The van der Waals surface area contributed by atoms with Crippen LogP contribution in [0.1, 0.15) is 29.6 Å². The van der Waals surface area contributed by atoms with Crippen LogP contribution in [0.2, 0.25) is 0 Å². The number of aliphatic hydroxyl groups is 1. The molecular weight excluding hydrogens is 280 g/mol. The summed E-state index contributed by atoms with van der Waals surface area (Å²) in [6.45, 7) is 3.05. The number of nitrogens with one attached hydrogen (secondary N) is 1. The Kier molecular flexibility index (Phi) is 4.59. The summed E-state index contributed by atoms with van der Waals surface area (Å²) in [5, 5.41) is 13.3. The molecule has 2 saturated heterocycles. The SMILES string of the molecule is CNc1ncccc1C(=O)N1C[C@H](O)[C@@H](N2CCCCC2)C1.